The van der Waals surface area contributed by atoms with Gasteiger partial charge in [-0.1, -0.05) is 32.1 Å². The summed E-state index contributed by atoms with van der Waals surface area (Å²) < 4.78 is 5.17. The van der Waals surface area contributed by atoms with Gasteiger partial charge in [0.1, 0.15) is 6.61 Å². The predicted octanol–water partition coefficient (Wildman–Crippen LogP) is 4.19. The first kappa shape index (κ1) is 22.6. The van der Waals surface area contributed by atoms with Crippen LogP contribution in [0.25, 0.3) is 0 Å². The minimum Gasteiger partial charge on any atom is -0.377 e. The van der Waals surface area contributed by atoms with Crippen molar-refractivity contribution in [2.75, 3.05) is 38.0 Å². The van der Waals surface area contributed by atoms with E-state index < -0.39 is 0 Å². The van der Waals surface area contributed by atoms with E-state index in [1.807, 2.05) is 37.2 Å². The highest BCUT2D eigenvalue weighted by atomic mass is 16.5. The van der Waals surface area contributed by atoms with Gasteiger partial charge in [-0.15, -0.1) is 0 Å². The number of anilines is 2. The Morgan fingerprint density at radius 3 is 2.33 bits per heavy atom. The summed E-state index contributed by atoms with van der Waals surface area (Å²) in [6, 6.07) is 6.30. The van der Waals surface area contributed by atoms with Crippen LogP contribution in [0.15, 0.2) is 18.2 Å². The molecule has 0 unspecified atom stereocenters. The zero-order valence-corrected chi connectivity index (χ0v) is 18.8. The maximum absolute atomic E-state index is 12.9. The van der Waals surface area contributed by atoms with Crippen molar-refractivity contribution in [1.82, 2.24) is 4.90 Å². The van der Waals surface area contributed by atoms with E-state index in [-0.39, 0.29) is 30.4 Å². The van der Waals surface area contributed by atoms with E-state index in [0.717, 1.165) is 55.5 Å². The summed E-state index contributed by atoms with van der Waals surface area (Å²) in [5, 5.41) is 3.11. The molecule has 2 aliphatic carbocycles. The van der Waals surface area contributed by atoms with Gasteiger partial charge in [-0.25, -0.2) is 0 Å². The second-order valence-corrected chi connectivity index (χ2v) is 8.96. The molecule has 2 aliphatic rings. The molecule has 6 nitrogen and oxygen atoms in total. The summed E-state index contributed by atoms with van der Waals surface area (Å²) in [5.41, 5.74) is 2.94. The van der Waals surface area contributed by atoms with Crippen molar-refractivity contribution in [2.24, 2.45) is 5.92 Å². The second kappa shape index (κ2) is 10.8. The van der Waals surface area contributed by atoms with Gasteiger partial charge < -0.3 is 19.9 Å². The molecule has 2 saturated carbocycles. The summed E-state index contributed by atoms with van der Waals surface area (Å²) in [6.45, 7) is 0.638. The molecule has 0 aromatic heterocycles. The van der Waals surface area contributed by atoms with Gasteiger partial charge in [-0.3, -0.25) is 9.59 Å². The van der Waals surface area contributed by atoms with Crippen LogP contribution in [-0.2, 0) is 20.9 Å². The van der Waals surface area contributed by atoms with Crippen molar-refractivity contribution in [2.45, 2.75) is 70.4 Å². The van der Waals surface area contributed by atoms with E-state index >= 15 is 0 Å². The highest BCUT2D eigenvalue weighted by molar-refractivity contribution is 5.93. The third-order valence-electron chi connectivity index (χ3n) is 6.50. The van der Waals surface area contributed by atoms with Crippen molar-refractivity contribution in [3.63, 3.8) is 0 Å². The normalized spacial score (nSPS) is 17.7. The Bertz CT molecular complexity index is 722. The average Bonchev–Trinajstić information content (AvgIpc) is 3.28. The lowest BCUT2D eigenvalue weighted by molar-refractivity contribution is -0.139. The van der Waals surface area contributed by atoms with Crippen molar-refractivity contribution >= 4 is 23.2 Å². The summed E-state index contributed by atoms with van der Waals surface area (Å²) in [7, 11) is 5.59. The smallest absolute Gasteiger partial charge is 0.249 e. The monoisotopic (exact) mass is 415 g/mol. The van der Waals surface area contributed by atoms with Crippen LogP contribution < -0.4 is 10.2 Å². The number of rotatable bonds is 8. The van der Waals surface area contributed by atoms with Gasteiger partial charge in [0, 0.05) is 51.1 Å². The van der Waals surface area contributed by atoms with Crippen LogP contribution >= 0.6 is 0 Å². The first-order valence-corrected chi connectivity index (χ1v) is 11.4. The molecule has 0 atom stereocenters. The maximum Gasteiger partial charge on any atom is 0.249 e. The Morgan fingerprint density at radius 2 is 1.70 bits per heavy atom. The molecule has 1 aromatic rings. The summed E-state index contributed by atoms with van der Waals surface area (Å²) in [4.78, 5) is 29.5. The molecule has 0 aliphatic heterocycles. The molecule has 0 bridgehead atoms. The predicted molar refractivity (Wildman–Crippen MR) is 121 cm³/mol. The van der Waals surface area contributed by atoms with Gasteiger partial charge >= 0.3 is 0 Å². The Balaban J connectivity index is 1.82. The fourth-order valence-electron chi connectivity index (χ4n) is 4.86. The second-order valence-electron chi connectivity index (χ2n) is 8.96. The van der Waals surface area contributed by atoms with Gasteiger partial charge in [0.25, 0.3) is 0 Å². The van der Waals surface area contributed by atoms with Crippen LogP contribution in [0.2, 0.25) is 0 Å². The number of carbonyl (C=O) groups excluding carboxylic acids is 2. The first-order valence-electron chi connectivity index (χ1n) is 11.4. The fraction of sp³-hybridized carbons (Fsp3) is 0.667. The lowest BCUT2D eigenvalue weighted by Gasteiger charge is -2.35. The number of hydrogen-bond acceptors (Lipinski definition) is 4. The highest BCUT2D eigenvalue weighted by Gasteiger charge is 2.27. The molecule has 1 aromatic carbocycles. The number of benzene rings is 1. The summed E-state index contributed by atoms with van der Waals surface area (Å²) in [5.74, 6) is 0.286. The van der Waals surface area contributed by atoms with E-state index in [1.165, 1.54) is 19.3 Å². The van der Waals surface area contributed by atoms with E-state index in [9.17, 15) is 9.59 Å². The number of nitrogens with zero attached hydrogens (tertiary/aromatic N) is 2. The number of amides is 2. The third kappa shape index (κ3) is 5.75. The largest absolute Gasteiger partial charge is 0.377 e. The SMILES string of the molecule is COCC(=O)N(Cc1cc(NC(=O)C2CCCC2)ccc1N(C)C)C1CCCCC1. The quantitative estimate of drug-likeness (QED) is 0.692. The molecule has 2 amide bonds. The van der Waals surface area contributed by atoms with Crippen LogP contribution in [0.4, 0.5) is 11.4 Å². The molecule has 0 saturated heterocycles. The van der Waals surface area contributed by atoms with Gasteiger partial charge in [-0.05, 0) is 49.4 Å². The zero-order chi connectivity index (χ0) is 21.5. The van der Waals surface area contributed by atoms with Crippen molar-refractivity contribution in [3.05, 3.63) is 23.8 Å². The molecule has 0 spiro atoms. The van der Waals surface area contributed by atoms with Crippen LogP contribution in [0, 0.1) is 5.92 Å². The molecule has 30 heavy (non-hydrogen) atoms. The van der Waals surface area contributed by atoms with E-state index in [4.69, 9.17) is 4.74 Å². The number of ether oxygens (including phenoxy) is 1. The molecule has 6 heteroatoms. The Kier molecular flexibility index (Phi) is 8.14. The summed E-state index contributed by atoms with van der Waals surface area (Å²) >= 11 is 0. The molecule has 3 rings (SSSR count). The average molecular weight is 416 g/mol. The minimum absolute atomic E-state index is 0.0366. The molecule has 0 radical (unpaired) electrons. The standard InChI is InChI=1S/C24H37N3O3/c1-26(2)22-14-13-20(25-24(29)18-9-7-8-10-18)15-19(22)16-27(23(28)17-30-3)21-11-5-4-6-12-21/h13-15,18,21H,4-12,16-17H2,1-3H3,(H,25,29). The topological polar surface area (TPSA) is 61.9 Å². The van der Waals surface area contributed by atoms with Gasteiger partial charge in [0.2, 0.25) is 11.8 Å². The fourth-order valence-corrected chi connectivity index (χ4v) is 4.86. The van der Waals surface area contributed by atoms with E-state index in [2.05, 4.69) is 10.2 Å². The lowest BCUT2D eigenvalue weighted by atomic mass is 9.93. The number of methoxy groups -OCH3 is 1. The highest BCUT2D eigenvalue weighted by Crippen LogP contribution is 2.30. The molecular weight excluding hydrogens is 378 g/mol. The molecule has 166 valence electrons. The summed E-state index contributed by atoms with van der Waals surface area (Å²) in [6.07, 6.45) is 9.91. The lowest BCUT2D eigenvalue weighted by Crippen LogP contribution is -2.42. The Labute approximate surface area is 180 Å². The number of carbonyl (C=O) groups is 2. The zero-order valence-electron chi connectivity index (χ0n) is 18.8. The van der Waals surface area contributed by atoms with Crippen molar-refractivity contribution in [3.8, 4) is 0 Å². The molecular formula is C24H37N3O3. The molecule has 0 heterocycles. The van der Waals surface area contributed by atoms with Gasteiger partial charge in [0.15, 0.2) is 0 Å². The minimum atomic E-state index is 0.0366. The van der Waals surface area contributed by atoms with Crippen molar-refractivity contribution < 1.29 is 14.3 Å². The maximum atomic E-state index is 12.9. The van der Waals surface area contributed by atoms with Crippen molar-refractivity contribution in [1.29, 1.82) is 0 Å². The van der Waals surface area contributed by atoms with Crippen LogP contribution in [0.3, 0.4) is 0 Å². The molecule has 1 N–H and O–H groups in total. The van der Waals surface area contributed by atoms with E-state index in [1.54, 1.807) is 7.11 Å². The van der Waals surface area contributed by atoms with Gasteiger partial charge in [-0.2, -0.15) is 0 Å². The first-order chi connectivity index (χ1) is 14.5. The Hall–Kier alpha value is -2.08. The van der Waals surface area contributed by atoms with Crippen LogP contribution in [0.1, 0.15) is 63.4 Å². The number of hydrogen-bond donors (Lipinski definition) is 1. The van der Waals surface area contributed by atoms with E-state index in [0.29, 0.717) is 6.54 Å². The third-order valence-corrected chi connectivity index (χ3v) is 6.50. The van der Waals surface area contributed by atoms with Crippen LogP contribution in [-0.4, -0.2) is 50.6 Å². The molecule has 2 fully saturated rings. The Morgan fingerprint density at radius 1 is 1.03 bits per heavy atom. The van der Waals surface area contributed by atoms with Gasteiger partial charge in [0.05, 0.1) is 0 Å². The number of nitrogens with one attached hydrogen (secondary N) is 1. The van der Waals surface area contributed by atoms with Crippen LogP contribution in [0.5, 0.6) is 0 Å².